The largest absolute Gasteiger partial charge is 0.451 e. The number of carbonyl (C=O) groups excluding carboxylic acids is 1. The van der Waals surface area contributed by atoms with Gasteiger partial charge in [-0.3, -0.25) is 4.79 Å². The van der Waals surface area contributed by atoms with E-state index in [1.807, 2.05) is 37.3 Å². The third-order valence-electron chi connectivity index (χ3n) is 4.73. The molecular formula is C20H20N2O2. The fraction of sp³-hybridized carbons (Fsp3) is 0.250. The summed E-state index contributed by atoms with van der Waals surface area (Å²) < 4.78 is 5.74. The lowest BCUT2D eigenvalue weighted by Gasteiger charge is -2.27. The number of fused-ring (bicyclic) bond motifs is 2. The summed E-state index contributed by atoms with van der Waals surface area (Å²) in [6, 6.07) is 16.3. The first-order chi connectivity index (χ1) is 11.7. The molecule has 0 aliphatic carbocycles. The molecule has 1 atom stereocenters. The van der Waals surface area contributed by atoms with Gasteiger partial charge in [0, 0.05) is 23.5 Å². The van der Waals surface area contributed by atoms with E-state index in [-0.39, 0.29) is 11.9 Å². The van der Waals surface area contributed by atoms with E-state index in [1.165, 1.54) is 11.1 Å². The first-order valence-corrected chi connectivity index (χ1v) is 8.31. The van der Waals surface area contributed by atoms with E-state index in [1.54, 1.807) is 0 Å². The molecule has 4 heteroatoms. The van der Waals surface area contributed by atoms with Gasteiger partial charge in [0.05, 0.1) is 0 Å². The van der Waals surface area contributed by atoms with Gasteiger partial charge in [0.25, 0.3) is 5.91 Å². The van der Waals surface area contributed by atoms with Gasteiger partial charge in [-0.25, -0.2) is 0 Å². The van der Waals surface area contributed by atoms with E-state index >= 15 is 0 Å². The van der Waals surface area contributed by atoms with Gasteiger partial charge in [0.15, 0.2) is 5.76 Å². The molecule has 1 unspecified atom stereocenters. The van der Waals surface area contributed by atoms with Gasteiger partial charge in [-0.05, 0) is 37.1 Å². The molecule has 122 valence electrons. The van der Waals surface area contributed by atoms with Crippen molar-refractivity contribution in [2.45, 2.75) is 19.4 Å². The lowest BCUT2D eigenvalue weighted by molar-refractivity contribution is 0.0922. The molecule has 3 aromatic rings. The average molecular weight is 320 g/mol. The summed E-state index contributed by atoms with van der Waals surface area (Å²) in [5.74, 6) is 0.244. The molecule has 0 saturated carbocycles. The second-order valence-corrected chi connectivity index (χ2v) is 6.22. The van der Waals surface area contributed by atoms with E-state index in [0.717, 1.165) is 29.5 Å². The van der Waals surface area contributed by atoms with Crippen molar-refractivity contribution in [1.29, 1.82) is 0 Å². The second kappa shape index (κ2) is 6.13. The van der Waals surface area contributed by atoms with Crippen LogP contribution in [0.1, 0.15) is 33.3 Å². The maximum Gasteiger partial charge on any atom is 0.287 e. The molecule has 0 fully saturated rings. The lowest BCUT2D eigenvalue weighted by Crippen LogP contribution is -2.38. The Labute approximate surface area is 140 Å². The van der Waals surface area contributed by atoms with Crippen molar-refractivity contribution in [3.05, 3.63) is 71.0 Å². The van der Waals surface area contributed by atoms with Gasteiger partial charge in [-0.1, -0.05) is 42.5 Å². The molecule has 1 aromatic heterocycles. The van der Waals surface area contributed by atoms with Crippen molar-refractivity contribution in [3.63, 3.8) is 0 Å². The third-order valence-corrected chi connectivity index (χ3v) is 4.73. The van der Waals surface area contributed by atoms with Crippen molar-refractivity contribution in [1.82, 2.24) is 10.6 Å². The lowest BCUT2D eigenvalue weighted by atomic mass is 9.94. The first kappa shape index (κ1) is 15.0. The zero-order chi connectivity index (χ0) is 16.5. The third kappa shape index (κ3) is 2.59. The Morgan fingerprint density at radius 2 is 2.00 bits per heavy atom. The number of nitrogens with one attached hydrogen (secondary N) is 2. The number of rotatable bonds is 3. The Bertz CT molecular complexity index is 898. The van der Waals surface area contributed by atoms with Crippen molar-refractivity contribution in [2.75, 3.05) is 13.1 Å². The minimum absolute atomic E-state index is 0.142. The second-order valence-electron chi connectivity index (χ2n) is 6.22. The number of hydrogen-bond donors (Lipinski definition) is 2. The fourth-order valence-electron chi connectivity index (χ4n) is 3.44. The van der Waals surface area contributed by atoms with Crippen molar-refractivity contribution in [2.24, 2.45) is 0 Å². The predicted molar refractivity (Wildman–Crippen MR) is 94.2 cm³/mol. The van der Waals surface area contributed by atoms with Gasteiger partial charge in [-0.2, -0.15) is 0 Å². The van der Waals surface area contributed by atoms with Gasteiger partial charge in [-0.15, -0.1) is 0 Å². The Hall–Kier alpha value is -2.59. The Kier molecular flexibility index (Phi) is 3.82. The highest BCUT2D eigenvalue weighted by atomic mass is 16.3. The highest BCUT2D eigenvalue weighted by Gasteiger charge is 2.22. The predicted octanol–water partition coefficient (Wildman–Crippen LogP) is 3.36. The van der Waals surface area contributed by atoms with Gasteiger partial charge < -0.3 is 15.1 Å². The first-order valence-electron chi connectivity index (χ1n) is 8.31. The van der Waals surface area contributed by atoms with Gasteiger partial charge in [0.2, 0.25) is 0 Å². The minimum Gasteiger partial charge on any atom is -0.451 e. The van der Waals surface area contributed by atoms with Crippen LogP contribution in [0.2, 0.25) is 0 Å². The van der Waals surface area contributed by atoms with Gasteiger partial charge >= 0.3 is 0 Å². The molecule has 1 aliphatic rings. The van der Waals surface area contributed by atoms with E-state index in [2.05, 4.69) is 28.8 Å². The van der Waals surface area contributed by atoms with Crippen LogP contribution in [0.15, 0.2) is 52.9 Å². The molecule has 2 aromatic carbocycles. The Morgan fingerprint density at radius 1 is 1.21 bits per heavy atom. The van der Waals surface area contributed by atoms with Gasteiger partial charge in [0.1, 0.15) is 5.58 Å². The number of furan rings is 1. The zero-order valence-electron chi connectivity index (χ0n) is 13.6. The Balaban J connectivity index is 1.52. The molecule has 2 heterocycles. The smallest absolute Gasteiger partial charge is 0.287 e. The van der Waals surface area contributed by atoms with E-state index in [4.69, 9.17) is 4.42 Å². The molecule has 4 nitrogen and oxygen atoms in total. The zero-order valence-corrected chi connectivity index (χ0v) is 13.6. The molecule has 1 amide bonds. The molecule has 4 rings (SSSR count). The summed E-state index contributed by atoms with van der Waals surface area (Å²) in [4.78, 5) is 12.6. The van der Waals surface area contributed by atoms with Crippen LogP contribution in [-0.2, 0) is 6.42 Å². The molecule has 0 bridgehead atoms. The van der Waals surface area contributed by atoms with Crippen LogP contribution in [0.5, 0.6) is 0 Å². The quantitative estimate of drug-likeness (QED) is 0.778. The van der Waals surface area contributed by atoms with Crippen LogP contribution in [-0.4, -0.2) is 19.0 Å². The number of carbonyl (C=O) groups is 1. The molecule has 0 spiro atoms. The summed E-state index contributed by atoms with van der Waals surface area (Å²) >= 11 is 0. The maximum absolute atomic E-state index is 12.6. The van der Waals surface area contributed by atoms with E-state index < -0.39 is 0 Å². The number of para-hydroxylation sites is 1. The summed E-state index contributed by atoms with van der Waals surface area (Å²) in [7, 11) is 0. The Morgan fingerprint density at radius 3 is 2.88 bits per heavy atom. The molecule has 0 saturated heterocycles. The van der Waals surface area contributed by atoms with Crippen LogP contribution < -0.4 is 10.6 Å². The number of amides is 1. The highest BCUT2D eigenvalue weighted by Crippen LogP contribution is 2.25. The van der Waals surface area contributed by atoms with Crippen LogP contribution in [0.3, 0.4) is 0 Å². The summed E-state index contributed by atoms with van der Waals surface area (Å²) in [5, 5.41) is 7.48. The monoisotopic (exact) mass is 320 g/mol. The topological polar surface area (TPSA) is 54.3 Å². The normalized spacial score (nSPS) is 16.8. The number of hydrogen-bond acceptors (Lipinski definition) is 3. The van der Waals surface area contributed by atoms with Crippen LogP contribution >= 0.6 is 0 Å². The number of benzene rings is 2. The standard InChI is InChI=1S/C20H20N2O2/c1-13-15-7-4-5-9-18(15)24-19(13)20(23)22-12-17-16-8-3-2-6-14(16)10-11-21-17/h2-9,17,21H,10-12H2,1H3,(H,22,23). The molecule has 2 N–H and O–H groups in total. The van der Waals surface area contributed by atoms with Crippen LogP contribution in [0, 0.1) is 6.92 Å². The van der Waals surface area contributed by atoms with E-state index in [0.29, 0.717) is 12.3 Å². The van der Waals surface area contributed by atoms with Crippen LogP contribution in [0.4, 0.5) is 0 Å². The van der Waals surface area contributed by atoms with Crippen molar-refractivity contribution < 1.29 is 9.21 Å². The molecule has 1 aliphatic heterocycles. The summed E-state index contributed by atoms with van der Waals surface area (Å²) in [6.07, 6.45) is 1.03. The highest BCUT2D eigenvalue weighted by molar-refractivity contribution is 5.98. The molecule has 24 heavy (non-hydrogen) atoms. The maximum atomic E-state index is 12.6. The van der Waals surface area contributed by atoms with Crippen molar-refractivity contribution in [3.8, 4) is 0 Å². The fourth-order valence-corrected chi connectivity index (χ4v) is 3.44. The minimum atomic E-state index is -0.159. The molecular weight excluding hydrogens is 300 g/mol. The average Bonchev–Trinajstić information content (AvgIpc) is 2.97. The summed E-state index contributed by atoms with van der Waals surface area (Å²) in [6.45, 7) is 3.41. The van der Waals surface area contributed by atoms with Crippen LogP contribution in [0.25, 0.3) is 11.0 Å². The van der Waals surface area contributed by atoms with E-state index in [9.17, 15) is 4.79 Å². The molecule has 0 radical (unpaired) electrons. The van der Waals surface area contributed by atoms with Crippen molar-refractivity contribution >= 4 is 16.9 Å². The number of aryl methyl sites for hydroxylation is 1. The SMILES string of the molecule is Cc1c(C(=O)NCC2NCCc3ccccc32)oc2ccccc12. The summed E-state index contributed by atoms with van der Waals surface area (Å²) in [5.41, 5.74) is 4.27.